The van der Waals surface area contributed by atoms with Crippen LogP contribution < -0.4 is 17.1 Å². The van der Waals surface area contributed by atoms with Crippen LogP contribution in [-0.2, 0) is 9.53 Å². The van der Waals surface area contributed by atoms with Crippen LogP contribution in [0.4, 0.5) is 0 Å². The summed E-state index contributed by atoms with van der Waals surface area (Å²) in [6, 6.07) is 0. The highest BCUT2D eigenvalue weighted by atomic mass is 16.6. The SMILES string of the molecule is C=CC(=O)OC(C=C)n1c(=O)n(C(O)C=C)c(=O)n(C(O)C=C)c1=O. The maximum atomic E-state index is 12.5. The summed E-state index contributed by atoms with van der Waals surface area (Å²) in [5.74, 6) is -0.978. The fourth-order valence-corrected chi connectivity index (χ4v) is 1.85. The molecular weight excluding hydrogens is 334 g/mol. The van der Waals surface area contributed by atoms with E-state index in [1.807, 2.05) is 0 Å². The molecule has 0 aromatic carbocycles. The van der Waals surface area contributed by atoms with Crippen molar-refractivity contribution in [3.63, 3.8) is 0 Å². The van der Waals surface area contributed by atoms with Gasteiger partial charge in [-0.1, -0.05) is 26.3 Å². The number of hydrogen-bond donors (Lipinski definition) is 2. The van der Waals surface area contributed by atoms with E-state index in [1.54, 1.807) is 0 Å². The predicted octanol–water partition coefficient (Wildman–Crippen LogP) is -1.06. The van der Waals surface area contributed by atoms with Gasteiger partial charge in [0.2, 0.25) is 6.23 Å². The second-order valence-electron chi connectivity index (χ2n) is 4.52. The van der Waals surface area contributed by atoms with Crippen LogP contribution in [0.15, 0.2) is 65.0 Å². The lowest BCUT2D eigenvalue weighted by Crippen LogP contribution is -2.57. The largest absolute Gasteiger partial charge is 0.434 e. The summed E-state index contributed by atoms with van der Waals surface area (Å²) in [5.41, 5.74) is -3.93. The second-order valence-corrected chi connectivity index (χ2v) is 4.52. The topological polar surface area (TPSA) is 133 Å². The molecule has 3 unspecified atom stereocenters. The van der Waals surface area contributed by atoms with Crippen molar-refractivity contribution in [2.24, 2.45) is 0 Å². The number of ether oxygens (including phenoxy) is 1. The van der Waals surface area contributed by atoms with Gasteiger partial charge < -0.3 is 14.9 Å². The van der Waals surface area contributed by atoms with E-state index in [9.17, 15) is 29.4 Å². The number of hydrogen-bond acceptors (Lipinski definition) is 7. The van der Waals surface area contributed by atoms with Gasteiger partial charge in [0.25, 0.3) is 0 Å². The van der Waals surface area contributed by atoms with Gasteiger partial charge >= 0.3 is 23.0 Å². The number of aliphatic hydroxyl groups is 2. The minimum absolute atomic E-state index is 0.235. The number of esters is 1. The first-order valence-corrected chi connectivity index (χ1v) is 6.81. The minimum atomic E-state index is -1.81. The summed E-state index contributed by atoms with van der Waals surface area (Å²) >= 11 is 0. The molecule has 1 aromatic heterocycles. The van der Waals surface area contributed by atoms with Crippen LogP contribution in [0.3, 0.4) is 0 Å². The van der Waals surface area contributed by atoms with E-state index < -0.39 is 41.7 Å². The molecule has 2 N–H and O–H groups in total. The summed E-state index contributed by atoms with van der Waals surface area (Å²) < 4.78 is 5.60. The maximum absolute atomic E-state index is 12.5. The monoisotopic (exact) mass is 351 g/mol. The van der Waals surface area contributed by atoms with Crippen molar-refractivity contribution in [3.8, 4) is 0 Å². The van der Waals surface area contributed by atoms with E-state index in [1.165, 1.54) is 0 Å². The second kappa shape index (κ2) is 8.04. The van der Waals surface area contributed by atoms with E-state index in [0.29, 0.717) is 4.57 Å². The van der Waals surface area contributed by atoms with Crippen LogP contribution in [0, 0.1) is 0 Å². The van der Waals surface area contributed by atoms with Gasteiger partial charge in [-0.2, -0.15) is 0 Å². The summed E-state index contributed by atoms with van der Waals surface area (Å²) in [7, 11) is 0. The Morgan fingerprint density at radius 1 is 0.840 bits per heavy atom. The first-order chi connectivity index (χ1) is 11.7. The summed E-state index contributed by atoms with van der Waals surface area (Å²) in [5, 5.41) is 19.7. The van der Waals surface area contributed by atoms with Gasteiger partial charge in [0.05, 0.1) is 0 Å². The lowest BCUT2D eigenvalue weighted by molar-refractivity contribution is -0.145. The smallest absolute Gasteiger partial charge is 0.342 e. The molecule has 0 aliphatic rings. The number of aromatic nitrogens is 3. The number of aliphatic hydroxyl groups excluding tert-OH is 2. The molecule has 0 fully saturated rings. The van der Waals surface area contributed by atoms with E-state index in [4.69, 9.17) is 4.74 Å². The summed E-state index contributed by atoms with van der Waals surface area (Å²) in [6.45, 7) is 13.0. The molecule has 10 heteroatoms. The Kier molecular flexibility index (Phi) is 6.37. The molecule has 1 heterocycles. The molecule has 1 rings (SSSR count). The molecule has 0 aliphatic heterocycles. The molecule has 0 aliphatic carbocycles. The lowest BCUT2D eigenvalue weighted by atomic mass is 10.4. The maximum Gasteiger partial charge on any atom is 0.342 e. The van der Waals surface area contributed by atoms with Gasteiger partial charge in [-0.05, 0) is 18.2 Å². The Balaban J connectivity index is 3.95. The minimum Gasteiger partial charge on any atom is -0.434 e. The Bertz CT molecular complexity index is 838. The number of carbonyl (C=O) groups excluding carboxylic acids is 1. The zero-order valence-electron chi connectivity index (χ0n) is 13.1. The normalized spacial score (nSPS) is 14.0. The van der Waals surface area contributed by atoms with Crippen molar-refractivity contribution in [1.82, 2.24) is 13.7 Å². The predicted molar refractivity (Wildman–Crippen MR) is 87.7 cm³/mol. The fraction of sp³-hybridized carbons (Fsp3) is 0.200. The Morgan fingerprint density at radius 2 is 1.24 bits per heavy atom. The van der Waals surface area contributed by atoms with Crippen LogP contribution in [0.5, 0.6) is 0 Å². The quantitative estimate of drug-likeness (QED) is 0.346. The zero-order chi connectivity index (χ0) is 19.3. The first kappa shape index (κ1) is 19.8. The molecule has 0 saturated heterocycles. The van der Waals surface area contributed by atoms with Crippen LogP contribution in [0.1, 0.15) is 18.7 Å². The molecule has 0 amide bonds. The highest BCUT2D eigenvalue weighted by Crippen LogP contribution is 2.06. The van der Waals surface area contributed by atoms with E-state index in [2.05, 4.69) is 26.3 Å². The van der Waals surface area contributed by atoms with Crippen molar-refractivity contribution in [3.05, 3.63) is 82.1 Å². The van der Waals surface area contributed by atoms with Crippen molar-refractivity contribution in [2.75, 3.05) is 0 Å². The standard InChI is InChI=1S/C15H17N3O7/c1-5-9(19)16-13(22)17(10(20)6-2)15(24)18(14(16)23)11(7-3)25-12(21)8-4/h5-11,19-20H,1-4H2. The van der Waals surface area contributed by atoms with Crippen LogP contribution in [0.25, 0.3) is 0 Å². The highest BCUT2D eigenvalue weighted by Gasteiger charge is 2.26. The molecule has 0 bridgehead atoms. The molecule has 10 nitrogen and oxygen atoms in total. The number of carbonyl (C=O) groups is 1. The van der Waals surface area contributed by atoms with Gasteiger partial charge in [0, 0.05) is 6.08 Å². The van der Waals surface area contributed by atoms with Crippen LogP contribution >= 0.6 is 0 Å². The molecule has 0 spiro atoms. The number of nitrogens with zero attached hydrogens (tertiary/aromatic N) is 3. The Labute approximate surface area is 141 Å². The van der Waals surface area contributed by atoms with Crippen molar-refractivity contribution in [1.29, 1.82) is 0 Å². The third-order valence-corrected chi connectivity index (χ3v) is 3.05. The van der Waals surface area contributed by atoms with Gasteiger partial charge in [0.15, 0.2) is 12.5 Å². The van der Waals surface area contributed by atoms with Crippen molar-refractivity contribution < 1.29 is 19.7 Å². The zero-order valence-corrected chi connectivity index (χ0v) is 13.1. The molecule has 0 saturated carbocycles. The highest BCUT2D eigenvalue weighted by molar-refractivity contribution is 5.81. The lowest BCUT2D eigenvalue weighted by Gasteiger charge is -2.20. The molecule has 1 aromatic rings. The average Bonchev–Trinajstić information content (AvgIpc) is 2.59. The summed E-state index contributed by atoms with van der Waals surface area (Å²) in [4.78, 5) is 48.6. The average molecular weight is 351 g/mol. The Morgan fingerprint density at radius 3 is 1.56 bits per heavy atom. The molecule has 3 atom stereocenters. The van der Waals surface area contributed by atoms with Crippen molar-refractivity contribution >= 4 is 5.97 Å². The molecular formula is C15H17N3O7. The first-order valence-electron chi connectivity index (χ1n) is 6.81. The van der Waals surface area contributed by atoms with E-state index >= 15 is 0 Å². The van der Waals surface area contributed by atoms with Gasteiger partial charge in [-0.15, -0.1) is 0 Å². The van der Waals surface area contributed by atoms with E-state index in [-0.39, 0.29) is 9.13 Å². The number of rotatable bonds is 8. The third-order valence-electron chi connectivity index (χ3n) is 3.05. The Hall–Kier alpha value is -3.24. The molecule has 25 heavy (non-hydrogen) atoms. The van der Waals surface area contributed by atoms with Crippen LogP contribution in [-0.4, -0.2) is 29.9 Å². The molecule has 0 radical (unpaired) electrons. The van der Waals surface area contributed by atoms with Gasteiger partial charge in [0.1, 0.15) is 0 Å². The van der Waals surface area contributed by atoms with E-state index in [0.717, 1.165) is 24.3 Å². The van der Waals surface area contributed by atoms with Crippen molar-refractivity contribution in [2.45, 2.75) is 18.7 Å². The van der Waals surface area contributed by atoms with Crippen LogP contribution in [0.2, 0.25) is 0 Å². The molecule has 134 valence electrons. The third kappa shape index (κ3) is 3.65. The van der Waals surface area contributed by atoms with Gasteiger partial charge in [-0.25, -0.2) is 32.9 Å². The van der Waals surface area contributed by atoms with Gasteiger partial charge in [-0.3, -0.25) is 0 Å². The summed E-state index contributed by atoms with van der Waals surface area (Å²) in [6.07, 6.45) is -1.83. The fourth-order valence-electron chi connectivity index (χ4n) is 1.85.